The Balaban J connectivity index is 2.11. The predicted molar refractivity (Wildman–Crippen MR) is 115 cm³/mol. The van der Waals surface area contributed by atoms with Crippen molar-refractivity contribution in [3.63, 3.8) is 0 Å². The summed E-state index contributed by atoms with van der Waals surface area (Å²) < 4.78 is 5.99. The number of rotatable bonds is 7. The Kier molecular flexibility index (Phi) is 6.63. The second-order valence-corrected chi connectivity index (χ2v) is 7.86. The van der Waals surface area contributed by atoms with Crippen molar-refractivity contribution in [2.75, 3.05) is 13.1 Å². The van der Waals surface area contributed by atoms with E-state index in [2.05, 4.69) is 0 Å². The number of likely N-dealkylation sites (tertiary alicyclic amines) is 1. The van der Waals surface area contributed by atoms with Crippen LogP contribution in [0.2, 0.25) is 0 Å². The maximum Gasteiger partial charge on any atom is 0.407 e. The van der Waals surface area contributed by atoms with Gasteiger partial charge in [-0.25, -0.2) is 4.79 Å². The van der Waals surface area contributed by atoms with Crippen LogP contribution in [0.5, 0.6) is 5.75 Å². The number of hydrogen-bond acceptors (Lipinski definition) is 4. The van der Waals surface area contributed by atoms with Gasteiger partial charge in [0.25, 0.3) is 0 Å². The van der Waals surface area contributed by atoms with Crippen molar-refractivity contribution in [2.24, 2.45) is 0 Å². The van der Waals surface area contributed by atoms with Crippen LogP contribution in [-0.2, 0) is 16.8 Å². The molecule has 0 spiro atoms. The number of hydrogen-bond donors (Lipinski definition) is 2. The van der Waals surface area contributed by atoms with Crippen molar-refractivity contribution in [2.45, 2.75) is 45.1 Å². The van der Waals surface area contributed by atoms with E-state index in [1.54, 1.807) is 26.0 Å². The maximum absolute atomic E-state index is 12.7. The van der Waals surface area contributed by atoms with Crippen molar-refractivity contribution in [1.29, 1.82) is 0 Å². The van der Waals surface area contributed by atoms with Gasteiger partial charge in [0.15, 0.2) is 5.78 Å². The third-order valence-electron chi connectivity index (χ3n) is 5.92. The van der Waals surface area contributed by atoms with Gasteiger partial charge < -0.3 is 19.8 Å². The highest BCUT2D eigenvalue weighted by atomic mass is 16.5. The minimum Gasteiger partial charge on any atom is -0.489 e. The minimum atomic E-state index is -1.51. The van der Waals surface area contributed by atoms with Crippen molar-refractivity contribution in [3.8, 4) is 5.75 Å². The molecule has 1 unspecified atom stereocenters. The molecule has 2 aromatic carbocycles. The van der Waals surface area contributed by atoms with Crippen LogP contribution in [0.15, 0.2) is 42.5 Å². The highest BCUT2D eigenvalue weighted by molar-refractivity contribution is 6.00. The first-order valence-corrected chi connectivity index (χ1v) is 10.4. The van der Waals surface area contributed by atoms with Gasteiger partial charge in [0.2, 0.25) is 0 Å². The first-order valence-electron chi connectivity index (χ1n) is 10.4. The van der Waals surface area contributed by atoms with Gasteiger partial charge in [-0.05, 0) is 48.6 Å². The molecule has 1 amide bonds. The molecule has 0 radical (unpaired) electrons. The molecule has 2 aromatic rings. The molecule has 1 atom stereocenters. The zero-order chi connectivity index (χ0) is 22.6. The zero-order valence-corrected chi connectivity index (χ0v) is 17.8. The molecule has 0 aromatic heterocycles. The molecule has 3 rings (SSSR count). The van der Waals surface area contributed by atoms with Crippen LogP contribution in [-0.4, -0.2) is 46.0 Å². The number of aliphatic carboxylic acids is 1. The van der Waals surface area contributed by atoms with Gasteiger partial charge in [0, 0.05) is 25.1 Å². The highest BCUT2D eigenvalue weighted by Crippen LogP contribution is 2.41. The van der Waals surface area contributed by atoms with E-state index in [0.717, 1.165) is 10.5 Å². The Bertz CT molecular complexity index is 987. The minimum absolute atomic E-state index is 0.180. The van der Waals surface area contributed by atoms with Crippen LogP contribution in [0.1, 0.15) is 53.2 Å². The quantitative estimate of drug-likeness (QED) is 0.642. The monoisotopic (exact) mass is 425 g/mol. The van der Waals surface area contributed by atoms with E-state index in [0.29, 0.717) is 35.5 Å². The number of carbonyl (C=O) groups is 3. The summed E-state index contributed by atoms with van der Waals surface area (Å²) in [4.78, 5) is 38.1. The van der Waals surface area contributed by atoms with Crippen molar-refractivity contribution in [3.05, 3.63) is 64.7 Å². The molecule has 1 aliphatic heterocycles. The van der Waals surface area contributed by atoms with Gasteiger partial charge in [-0.1, -0.05) is 37.3 Å². The maximum atomic E-state index is 12.7. The summed E-state index contributed by atoms with van der Waals surface area (Å²) in [5.74, 6) is -0.827. The van der Waals surface area contributed by atoms with E-state index in [-0.39, 0.29) is 31.7 Å². The molecule has 2 N–H and O–H groups in total. The average Bonchev–Trinajstić information content (AvgIpc) is 2.78. The summed E-state index contributed by atoms with van der Waals surface area (Å²) in [6.45, 7) is 3.82. The number of carbonyl (C=O) groups excluding carboxylic acids is 1. The number of ether oxygens (including phenoxy) is 1. The molecule has 0 saturated carbocycles. The molecule has 31 heavy (non-hydrogen) atoms. The van der Waals surface area contributed by atoms with Crippen LogP contribution in [0.3, 0.4) is 0 Å². The highest BCUT2D eigenvalue weighted by Gasteiger charge is 2.48. The molecule has 7 nitrogen and oxygen atoms in total. The lowest BCUT2D eigenvalue weighted by molar-refractivity contribution is -0.145. The van der Waals surface area contributed by atoms with Crippen molar-refractivity contribution >= 4 is 17.8 Å². The van der Waals surface area contributed by atoms with Crippen LogP contribution in [0.25, 0.3) is 0 Å². The van der Waals surface area contributed by atoms with E-state index in [9.17, 15) is 24.6 Å². The normalized spacial score (nSPS) is 18.5. The lowest BCUT2D eigenvalue weighted by Gasteiger charge is -2.40. The van der Waals surface area contributed by atoms with E-state index in [1.165, 1.54) is 0 Å². The van der Waals surface area contributed by atoms with E-state index < -0.39 is 17.5 Å². The molecular formula is C24H27NO6. The largest absolute Gasteiger partial charge is 0.489 e. The Morgan fingerprint density at radius 1 is 1.10 bits per heavy atom. The first-order chi connectivity index (χ1) is 14.8. The predicted octanol–water partition coefficient (Wildman–Crippen LogP) is 4.26. The summed E-state index contributed by atoms with van der Waals surface area (Å²) in [5.41, 5.74) is 0.697. The van der Waals surface area contributed by atoms with Gasteiger partial charge in [0.1, 0.15) is 17.8 Å². The topological polar surface area (TPSA) is 104 Å². The Morgan fingerprint density at radius 2 is 1.81 bits per heavy atom. The molecule has 164 valence electrons. The molecule has 1 fully saturated rings. The Morgan fingerprint density at radius 3 is 2.42 bits per heavy atom. The van der Waals surface area contributed by atoms with Gasteiger partial charge in [-0.15, -0.1) is 0 Å². The fourth-order valence-electron chi connectivity index (χ4n) is 4.33. The van der Waals surface area contributed by atoms with E-state index >= 15 is 0 Å². The number of amides is 1. The van der Waals surface area contributed by atoms with Crippen LogP contribution >= 0.6 is 0 Å². The summed E-state index contributed by atoms with van der Waals surface area (Å²) >= 11 is 0. The Hall–Kier alpha value is -3.35. The van der Waals surface area contributed by atoms with Crippen LogP contribution < -0.4 is 4.74 Å². The van der Waals surface area contributed by atoms with Gasteiger partial charge in [-0.2, -0.15) is 0 Å². The fraction of sp³-hybridized carbons (Fsp3) is 0.375. The Labute approximate surface area is 181 Å². The number of benzene rings is 2. The van der Waals surface area contributed by atoms with Crippen LogP contribution in [0, 0.1) is 6.92 Å². The summed E-state index contributed by atoms with van der Waals surface area (Å²) in [5, 5.41) is 19.8. The second-order valence-electron chi connectivity index (χ2n) is 7.86. The summed E-state index contributed by atoms with van der Waals surface area (Å²) in [6.07, 6.45) is -0.302. The lowest BCUT2D eigenvalue weighted by Crippen LogP contribution is -2.53. The molecule has 1 saturated heterocycles. The number of nitrogens with zero attached hydrogens (tertiary/aromatic N) is 1. The molecule has 1 heterocycles. The molecule has 0 aliphatic carbocycles. The lowest BCUT2D eigenvalue weighted by atomic mass is 9.70. The van der Waals surface area contributed by atoms with E-state index in [4.69, 9.17) is 4.74 Å². The number of Topliss-reactive ketones (excluding diaryl/α,β-unsaturated/α-hetero) is 1. The van der Waals surface area contributed by atoms with Crippen molar-refractivity contribution < 1.29 is 29.3 Å². The fourth-order valence-corrected chi connectivity index (χ4v) is 4.33. The van der Waals surface area contributed by atoms with E-state index in [1.807, 2.05) is 30.3 Å². The smallest absolute Gasteiger partial charge is 0.407 e. The van der Waals surface area contributed by atoms with Crippen LogP contribution in [0.4, 0.5) is 4.79 Å². The zero-order valence-electron chi connectivity index (χ0n) is 17.8. The second kappa shape index (κ2) is 9.20. The third kappa shape index (κ3) is 4.40. The number of carboxylic acids is 1. The molecule has 7 heteroatoms. The molecular weight excluding hydrogens is 398 g/mol. The SMILES string of the molecule is CCC(=O)c1ccc(OCc2ccccc2)c(C)c1C1(C(=O)O)CCCN(C(=O)O)C1. The standard InChI is InChI=1S/C24H27NO6/c1-3-19(26)18-10-11-20(31-14-17-8-5-4-6-9-17)16(2)21(18)24(22(27)28)12-7-13-25(15-24)23(29)30/h4-6,8-11H,3,7,12-15H2,1-2H3,(H,27,28)(H,29,30). The van der Waals surface area contributed by atoms with Gasteiger partial charge >= 0.3 is 12.1 Å². The summed E-state index contributed by atoms with van der Waals surface area (Å²) in [6, 6.07) is 12.9. The summed E-state index contributed by atoms with van der Waals surface area (Å²) in [7, 11) is 0. The molecule has 1 aliphatic rings. The van der Waals surface area contributed by atoms with Gasteiger partial charge in [0.05, 0.1) is 0 Å². The number of piperidine rings is 1. The van der Waals surface area contributed by atoms with Gasteiger partial charge in [-0.3, -0.25) is 9.59 Å². The number of carboxylic acid groups (broad SMARTS) is 2. The molecule has 0 bridgehead atoms. The first kappa shape index (κ1) is 22.3. The third-order valence-corrected chi connectivity index (χ3v) is 5.92. The van der Waals surface area contributed by atoms with Crippen molar-refractivity contribution in [1.82, 2.24) is 4.90 Å². The average molecular weight is 425 g/mol. The number of ketones is 1.